The molecular formula is C15H29N3O2. The van der Waals surface area contributed by atoms with Crippen molar-refractivity contribution in [3.8, 4) is 0 Å². The summed E-state index contributed by atoms with van der Waals surface area (Å²) in [6.45, 7) is 8.80. The van der Waals surface area contributed by atoms with Crippen LogP contribution in [0.2, 0.25) is 0 Å². The second-order valence-electron chi connectivity index (χ2n) is 6.49. The maximum absolute atomic E-state index is 11.3. The van der Waals surface area contributed by atoms with Crippen LogP contribution in [-0.2, 0) is 4.79 Å². The molecule has 0 aromatic carbocycles. The smallest absolute Gasteiger partial charge is 0.322 e. The third-order valence-electron chi connectivity index (χ3n) is 4.52. The highest BCUT2D eigenvalue weighted by Crippen LogP contribution is 2.24. The molecule has 1 aliphatic heterocycles. The fourth-order valence-electron chi connectivity index (χ4n) is 3.44. The van der Waals surface area contributed by atoms with Crippen LogP contribution in [0.1, 0.15) is 39.5 Å². The lowest BCUT2D eigenvalue weighted by molar-refractivity contribution is -0.140. The second kappa shape index (κ2) is 7.38. The van der Waals surface area contributed by atoms with Gasteiger partial charge in [0.2, 0.25) is 0 Å². The maximum Gasteiger partial charge on any atom is 0.322 e. The number of nitrogens with one attached hydrogen (secondary N) is 1. The molecule has 116 valence electrons. The molecular weight excluding hydrogens is 254 g/mol. The first-order chi connectivity index (χ1) is 9.56. The zero-order chi connectivity index (χ0) is 14.5. The summed E-state index contributed by atoms with van der Waals surface area (Å²) in [6.07, 6.45) is 5.47. The number of nitrogens with zero attached hydrogens (tertiary/aromatic N) is 2. The molecule has 0 aromatic heterocycles. The Bertz CT molecular complexity index is 308. The standard InChI is InChI=1S/C15H29N3O2/c1-12(2)16-14(15(19)20)11-17-7-9-18(10-8-17)13-5-3-4-6-13/h12-14,16H,3-11H2,1-2H3,(H,19,20). The Morgan fingerprint density at radius 2 is 1.80 bits per heavy atom. The molecule has 0 spiro atoms. The third kappa shape index (κ3) is 4.43. The number of carboxylic acids is 1. The minimum atomic E-state index is -0.739. The molecule has 1 atom stereocenters. The molecule has 1 aliphatic carbocycles. The van der Waals surface area contributed by atoms with E-state index in [-0.39, 0.29) is 6.04 Å². The van der Waals surface area contributed by atoms with Gasteiger partial charge in [0, 0.05) is 44.8 Å². The van der Waals surface area contributed by atoms with E-state index in [2.05, 4.69) is 15.1 Å². The molecule has 1 unspecified atom stereocenters. The average Bonchev–Trinajstić information content (AvgIpc) is 2.92. The summed E-state index contributed by atoms with van der Waals surface area (Å²) < 4.78 is 0. The number of hydrogen-bond acceptors (Lipinski definition) is 4. The maximum atomic E-state index is 11.3. The molecule has 2 N–H and O–H groups in total. The zero-order valence-electron chi connectivity index (χ0n) is 12.8. The lowest BCUT2D eigenvalue weighted by Gasteiger charge is -2.39. The number of piperazine rings is 1. The number of carboxylic acid groups (broad SMARTS) is 1. The summed E-state index contributed by atoms with van der Waals surface area (Å²) in [5.74, 6) is -0.739. The van der Waals surface area contributed by atoms with Gasteiger partial charge in [-0.25, -0.2) is 0 Å². The molecule has 1 heterocycles. The van der Waals surface area contributed by atoms with Gasteiger partial charge in [-0.2, -0.15) is 0 Å². The molecule has 2 rings (SSSR count). The van der Waals surface area contributed by atoms with E-state index in [4.69, 9.17) is 0 Å². The van der Waals surface area contributed by atoms with Gasteiger partial charge >= 0.3 is 5.97 Å². The molecule has 5 nitrogen and oxygen atoms in total. The van der Waals surface area contributed by atoms with Crippen molar-refractivity contribution < 1.29 is 9.90 Å². The highest BCUT2D eigenvalue weighted by atomic mass is 16.4. The Kier molecular flexibility index (Phi) is 5.81. The Labute approximate surface area is 122 Å². The normalized spacial score (nSPS) is 24.4. The second-order valence-corrected chi connectivity index (χ2v) is 6.49. The van der Waals surface area contributed by atoms with Crippen molar-refractivity contribution in [2.75, 3.05) is 32.7 Å². The largest absolute Gasteiger partial charge is 0.480 e. The van der Waals surface area contributed by atoms with E-state index in [9.17, 15) is 9.90 Å². The van der Waals surface area contributed by atoms with Crippen molar-refractivity contribution in [3.05, 3.63) is 0 Å². The van der Waals surface area contributed by atoms with E-state index in [1.807, 2.05) is 13.8 Å². The topological polar surface area (TPSA) is 55.8 Å². The summed E-state index contributed by atoms with van der Waals surface area (Å²) in [5, 5.41) is 12.4. The lowest BCUT2D eigenvalue weighted by Crippen LogP contribution is -2.55. The first-order valence-electron chi connectivity index (χ1n) is 8.01. The average molecular weight is 283 g/mol. The van der Waals surface area contributed by atoms with Crippen LogP contribution in [0.3, 0.4) is 0 Å². The molecule has 0 aromatic rings. The summed E-state index contributed by atoms with van der Waals surface area (Å²) in [4.78, 5) is 16.2. The monoisotopic (exact) mass is 283 g/mol. The van der Waals surface area contributed by atoms with E-state index in [0.717, 1.165) is 32.2 Å². The quantitative estimate of drug-likeness (QED) is 0.761. The van der Waals surface area contributed by atoms with Gasteiger partial charge in [0.15, 0.2) is 0 Å². The summed E-state index contributed by atoms with van der Waals surface area (Å²) in [5.41, 5.74) is 0. The van der Waals surface area contributed by atoms with Gasteiger partial charge in [0.1, 0.15) is 6.04 Å². The van der Waals surface area contributed by atoms with Crippen LogP contribution < -0.4 is 5.32 Å². The number of hydrogen-bond donors (Lipinski definition) is 2. The Hall–Kier alpha value is -0.650. The molecule has 2 fully saturated rings. The van der Waals surface area contributed by atoms with Crippen LogP contribution in [0.4, 0.5) is 0 Å². The highest BCUT2D eigenvalue weighted by Gasteiger charge is 2.28. The van der Waals surface area contributed by atoms with Crippen LogP contribution in [0.5, 0.6) is 0 Å². The minimum Gasteiger partial charge on any atom is -0.480 e. The van der Waals surface area contributed by atoms with Crippen molar-refractivity contribution in [2.24, 2.45) is 0 Å². The molecule has 5 heteroatoms. The minimum absolute atomic E-state index is 0.205. The Balaban J connectivity index is 1.76. The molecule has 0 bridgehead atoms. The fourth-order valence-corrected chi connectivity index (χ4v) is 3.44. The number of carbonyl (C=O) groups is 1. The summed E-state index contributed by atoms with van der Waals surface area (Å²) >= 11 is 0. The number of rotatable bonds is 6. The van der Waals surface area contributed by atoms with Crippen LogP contribution in [0.15, 0.2) is 0 Å². The van der Waals surface area contributed by atoms with Crippen molar-refractivity contribution >= 4 is 5.97 Å². The van der Waals surface area contributed by atoms with Crippen LogP contribution in [-0.4, -0.2) is 71.7 Å². The van der Waals surface area contributed by atoms with Gasteiger partial charge in [-0.05, 0) is 12.8 Å². The van der Waals surface area contributed by atoms with E-state index in [1.165, 1.54) is 25.7 Å². The number of aliphatic carboxylic acids is 1. The molecule has 1 saturated carbocycles. The van der Waals surface area contributed by atoms with Crippen LogP contribution in [0.25, 0.3) is 0 Å². The first kappa shape index (κ1) is 15.7. The van der Waals surface area contributed by atoms with Gasteiger partial charge in [0.05, 0.1) is 0 Å². The SMILES string of the molecule is CC(C)NC(CN1CCN(C2CCCC2)CC1)C(=O)O. The van der Waals surface area contributed by atoms with E-state index < -0.39 is 12.0 Å². The molecule has 0 amide bonds. The van der Waals surface area contributed by atoms with Crippen molar-refractivity contribution in [2.45, 2.75) is 57.7 Å². The molecule has 2 aliphatic rings. The van der Waals surface area contributed by atoms with Crippen molar-refractivity contribution in [3.63, 3.8) is 0 Å². The van der Waals surface area contributed by atoms with E-state index in [0.29, 0.717) is 6.54 Å². The van der Waals surface area contributed by atoms with Gasteiger partial charge in [-0.1, -0.05) is 26.7 Å². The Morgan fingerprint density at radius 3 is 2.30 bits per heavy atom. The van der Waals surface area contributed by atoms with Gasteiger partial charge in [-0.3, -0.25) is 14.6 Å². The van der Waals surface area contributed by atoms with Crippen molar-refractivity contribution in [1.29, 1.82) is 0 Å². The zero-order valence-corrected chi connectivity index (χ0v) is 12.8. The Morgan fingerprint density at radius 1 is 1.20 bits per heavy atom. The fraction of sp³-hybridized carbons (Fsp3) is 0.933. The highest BCUT2D eigenvalue weighted by molar-refractivity contribution is 5.73. The molecule has 20 heavy (non-hydrogen) atoms. The first-order valence-corrected chi connectivity index (χ1v) is 8.01. The third-order valence-corrected chi connectivity index (χ3v) is 4.52. The van der Waals surface area contributed by atoms with Gasteiger partial charge in [-0.15, -0.1) is 0 Å². The molecule has 0 radical (unpaired) electrons. The van der Waals surface area contributed by atoms with Crippen LogP contribution in [0, 0.1) is 0 Å². The van der Waals surface area contributed by atoms with Gasteiger partial charge < -0.3 is 10.4 Å². The van der Waals surface area contributed by atoms with Crippen molar-refractivity contribution in [1.82, 2.24) is 15.1 Å². The summed E-state index contributed by atoms with van der Waals surface area (Å²) in [6, 6.07) is 0.546. The van der Waals surface area contributed by atoms with Crippen LogP contribution >= 0.6 is 0 Å². The lowest BCUT2D eigenvalue weighted by atomic mass is 10.1. The molecule has 1 saturated heterocycles. The van der Waals surface area contributed by atoms with E-state index in [1.54, 1.807) is 0 Å². The van der Waals surface area contributed by atoms with E-state index >= 15 is 0 Å². The summed E-state index contributed by atoms with van der Waals surface area (Å²) in [7, 11) is 0. The predicted molar refractivity (Wildman–Crippen MR) is 80.0 cm³/mol. The predicted octanol–water partition coefficient (Wildman–Crippen LogP) is 0.998. The van der Waals surface area contributed by atoms with Gasteiger partial charge in [0.25, 0.3) is 0 Å².